The summed E-state index contributed by atoms with van der Waals surface area (Å²) < 4.78 is 12.6. The largest absolute Gasteiger partial charge is 0.500 e. The lowest BCUT2D eigenvalue weighted by molar-refractivity contribution is -0.111. The summed E-state index contributed by atoms with van der Waals surface area (Å²) >= 11 is 4.53. The summed E-state index contributed by atoms with van der Waals surface area (Å²) in [5.74, 6) is 1.51. The van der Waals surface area contributed by atoms with Crippen molar-refractivity contribution in [3.8, 4) is 0 Å². The zero-order chi connectivity index (χ0) is 16.7. The first kappa shape index (κ1) is 18.3. The fraction of sp³-hybridized carbons (Fsp3) is 0.588. The van der Waals surface area contributed by atoms with Crippen molar-refractivity contribution in [1.29, 1.82) is 0 Å². The predicted molar refractivity (Wildman–Crippen MR) is 105 cm³/mol. The van der Waals surface area contributed by atoms with Gasteiger partial charge in [-0.2, -0.15) is 0 Å². The number of carbonyl (C=O) groups excluding carboxylic acids is 1. The van der Waals surface area contributed by atoms with Crippen LogP contribution in [-0.4, -0.2) is 22.4 Å². The van der Waals surface area contributed by atoms with Crippen LogP contribution in [0, 0.1) is 5.41 Å². The third kappa shape index (κ3) is 3.25. The van der Waals surface area contributed by atoms with Crippen LogP contribution in [0.1, 0.15) is 40.5 Å². The number of ether oxygens (including phenoxy) is 2. The fourth-order valence-electron chi connectivity index (χ4n) is 2.90. The summed E-state index contributed by atoms with van der Waals surface area (Å²) in [6.07, 6.45) is 5.53. The number of hydrogen-bond donors (Lipinski definition) is 0. The lowest BCUT2D eigenvalue weighted by atomic mass is 9.73. The van der Waals surface area contributed by atoms with Crippen molar-refractivity contribution in [3.63, 3.8) is 0 Å². The molecular formula is C17H22I2O3. The first-order valence-electron chi connectivity index (χ1n) is 7.31. The van der Waals surface area contributed by atoms with Crippen molar-refractivity contribution in [1.82, 2.24) is 0 Å². The smallest absolute Gasteiger partial charge is 0.198 e. The number of methoxy groups -OCH3 is 1. The Hall–Kier alpha value is -0.0500. The molecule has 1 fully saturated rings. The van der Waals surface area contributed by atoms with Crippen LogP contribution >= 0.6 is 45.2 Å². The summed E-state index contributed by atoms with van der Waals surface area (Å²) in [5, 5.41) is 0. The number of ketones is 1. The van der Waals surface area contributed by atoms with E-state index in [9.17, 15) is 4.79 Å². The molecule has 0 unspecified atom stereocenters. The average molecular weight is 528 g/mol. The van der Waals surface area contributed by atoms with Gasteiger partial charge < -0.3 is 9.47 Å². The molecule has 0 bridgehead atoms. The maximum Gasteiger partial charge on any atom is 0.198 e. The molecule has 2 rings (SSSR count). The van der Waals surface area contributed by atoms with E-state index in [-0.39, 0.29) is 20.7 Å². The van der Waals surface area contributed by atoms with Gasteiger partial charge in [-0.05, 0) is 56.7 Å². The average Bonchev–Trinajstić information content (AvgIpc) is 2.82. The van der Waals surface area contributed by atoms with Crippen molar-refractivity contribution in [2.75, 3.05) is 7.11 Å². The molecule has 1 saturated heterocycles. The second-order valence-corrected chi connectivity index (χ2v) is 10.5. The van der Waals surface area contributed by atoms with Crippen LogP contribution in [0.5, 0.6) is 0 Å². The van der Waals surface area contributed by atoms with Crippen LogP contribution in [-0.2, 0) is 14.3 Å². The molecule has 0 radical (unpaired) electrons. The van der Waals surface area contributed by atoms with Crippen LogP contribution < -0.4 is 0 Å². The maximum absolute atomic E-state index is 12.2. The topological polar surface area (TPSA) is 35.5 Å². The zero-order valence-electron chi connectivity index (χ0n) is 13.6. The highest BCUT2D eigenvalue weighted by Gasteiger charge is 2.55. The van der Waals surface area contributed by atoms with E-state index < -0.39 is 0 Å². The monoisotopic (exact) mass is 528 g/mol. The highest BCUT2D eigenvalue weighted by atomic mass is 127. The van der Waals surface area contributed by atoms with Gasteiger partial charge in [0, 0.05) is 12.5 Å². The number of fused-ring (bicyclic) bond motifs is 1. The van der Waals surface area contributed by atoms with Gasteiger partial charge in [-0.3, -0.25) is 4.79 Å². The summed E-state index contributed by atoms with van der Waals surface area (Å²) in [6, 6.07) is 0. The molecule has 0 N–H and O–H groups in total. The SMILES string of the molecule is COC1=CC(=O)C(I)=C2O[C@@H](C(C)(C)I)C[C@@]12CC=C(C)C. The van der Waals surface area contributed by atoms with Crippen molar-refractivity contribution in [2.45, 2.75) is 50.1 Å². The molecule has 1 aliphatic heterocycles. The second kappa shape index (κ2) is 6.45. The summed E-state index contributed by atoms with van der Waals surface area (Å²) in [5.41, 5.74) is 0.914. The molecule has 1 heterocycles. The Labute approximate surface area is 159 Å². The van der Waals surface area contributed by atoms with Crippen molar-refractivity contribution in [2.24, 2.45) is 5.41 Å². The van der Waals surface area contributed by atoms with Gasteiger partial charge in [-0.1, -0.05) is 34.2 Å². The number of allylic oxidation sites excluding steroid dienone is 4. The maximum atomic E-state index is 12.2. The second-order valence-electron chi connectivity index (χ2n) is 6.66. The zero-order valence-corrected chi connectivity index (χ0v) is 17.9. The van der Waals surface area contributed by atoms with E-state index in [0.29, 0.717) is 3.58 Å². The Morgan fingerprint density at radius 3 is 2.68 bits per heavy atom. The van der Waals surface area contributed by atoms with Gasteiger partial charge in [-0.15, -0.1) is 0 Å². The first-order chi connectivity index (χ1) is 10.1. The Balaban J connectivity index is 2.56. The van der Waals surface area contributed by atoms with E-state index in [1.165, 1.54) is 5.57 Å². The van der Waals surface area contributed by atoms with Crippen molar-refractivity contribution >= 4 is 51.0 Å². The van der Waals surface area contributed by atoms with Crippen molar-refractivity contribution < 1.29 is 14.3 Å². The van der Waals surface area contributed by atoms with Crippen LogP contribution in [0.25, 0.3) is 0 Å². The molecule has 0 aromatic heterocycles. The van der Waals surface area contributed by atoms with Crippen LogP contribution in [0.4, 0.5) is 0 Å². The van der Waals surface area contributed by atoms with E-state index in [0.717, 1.165) is 24.4 Å². The van der Waals surface area contributed by atoms with E-state index in [4.69, 9.17) is 9.47 Å². The van der Waals surface area contributed by atoms with Gasteiger partial charge in [-0.25, -0.2) is 0 Å². The minimum absolute atomic E-state index is 0.0150. The fourth-order valence-corrected chi connectivity index (χ4v) is 4.05. The van der Waals surface area contributed by atoms with E-state index >= 15 is 0 Å². The Morgan fingerprint density at radius 1 is 1.55 bits per heavy atom. The number of rotatable bonds is 4. The third-order valence-electron chi connectivity index (χ3n) is 4.22. The summed E-state index contributed by atoms with van der Waals surface area (Å²) in [4.78, 5) is 12.2. The number of halogens is 2. The standard InChI is InChI=1S/C17H22I2O3/c1-10(2)6-7-17-9-13(16(3,4)19)22-15(17)14(18)11(20)8-12(17)21-5/h6,8,13H,7,9H2,1-5H3/t13-,17+/m1/s1. The Bertz CT molecular complexity index is 577. The van der Waals surface area contributed by atoms with Crippen molar-refractivity contribution in [3.05, 3.63) is 32.8 Å². The molecule has 122 valence electrons. The van der Waals surface area contributed by atoms with Crippen LogP contribution in [0.3, 0.4) is 0 Å². The van der Waals surface area contributed by atoms with Gasteiger partial charge in [0.05, 0.1) is 19.5 Å². The highest BCUT2D eigenvalue weighted by Crippen LogP contribution is 2.57. The Kier molecular flexibility index (Phi) is 5.36. The molecule has 0 aromatic carbocycles. The molecule has 5 heteroatoms. The molecule has 22 heavy (non-hydrogen) atoms. The molecule has 2 atom stereocenters. The van der Waals surface area contributed by atoms with E-state index in [1.807, 2.05) is 0 Å². The Morgan fingerprint density at radius 2 is 2.18 bits per heavy atom. The molecule has 0 aromatic rings. The number of hydrogen-bond acceptors (Lipinski definition) is 3. The van der Waals surface area contributed by atoms with Gasteiger partial charge in [0.25, 0.3) is 0 Å². The minimum Gasteiger partial charge on any atom is -0.500 e. The number of alkyl halides is 1. The van der Waals surface area contributed by atoms with E-state index in [1.54, 1.807) is 13.2 Å². The molecule has 0 spiro atoms. The molecular weight excluding hydrogens is 506 g/mol. The predicted octanol–water partition coefficient (Wildman–Crippen LogP) is 5.09. The molecule has 3 nitrogen and oxygen atoms in total. The highest BCUT2D eigenvalue weighted by molar-refractivity contribution is 14.1. The number of carbonyl (C=O) groups is 1. The van der Waals surface area contributed by atoms with Gasteiger partial charge in [0.2, 0.25) is 0 Å². The van der Waals surface area contributed by atoms with Gasteiger partial charge in [0.1, 0.15) is 17.6 Å². The van der Waals surface area contributed by atoms with Crippen LogP contribution in [0.15, 0.2) is 32.8 Å². The molecule has 0 saturated carbocycles. The van der Waals surface area contributed by atoms with Crippen LogP contribution in [0.2, 0.25) is 0 Å². The minimum atomic E-state index is -0.344. The summed E-state index contributed by atoms with van der Waals surface area (Å²) in [6.45, 7) is 8.50. The summed E-state index contributed by atoms with van der Waals surface area (Å²) in [7, 11) is 1.64. The van der Waals surface area contributed by atoms with Gasteiger partial charge in [0.15, 0.2) is 5.78 Å². The first-order valence-corrected chi connectivity index (χ1v) is 9.47. The molecule has 1 aliphatic carbocycles. The lowest BCUT2D eigenvalue weighted by Crippen LogP contribution is -2.32. The van der Waals surface area contributed by atoms with Gasteiger partial charge >= 0.3 is 0 Å². The quantitative estimate of drug-likeness (QED) is 0.290. The molecule has 0 amide bonds. The normalized spacial score (nSPS) is 28.0. The van der Waals surface area contributed by atoms with E-state index in [2.05, 4.69) is 79.0 Å². The molecule has 2 aliphatic rings. The third-order valence-corrected chi connectivity index (χ3v) is 5.94. The lowest BCUT2D eigenvalue weighted by Gasteiger charge is -2.32.